The lowest BCUT2D eigenvalue weighted by molar-refractivity contribution is -0.126. The lowest BCUT2D eigenvalue weighted by Crippen LogP contribution is -2.52. The van der Waals surface area contributed by atoms with Crippen LogP contribution in [0.1, 0.15) is 52.9 Å². The molecule has 0 bridgehead atoms. The summed E-state index contributed by atoms with van der Waals surface area (Å²) in [7, 11) is 1.83. The summed E-state index contributed by atoms with van der Waals surface area (Å²) in [5.74, 6) is 1.72. The monoisotopic (exact) mass is 240 g/mol. The van der Waals surface area contributed by atoms with E-state index in [9.17, 15) is 4.79 Å². The van der Waals surface area contributed by atoms with Crippen molar-refractivity contribution in [3.8, 4) is 0 Å². The summed E-state index contributed by atoms with van der Waals surface area (Å²) in [6.45, 7) is 6.95. The molecule has 0 aromatic carbocycles. The van der Waals surface area contributed by atoms with Crippen molar-refractivity contribution in [2.45, 2.75) is 58.4 Å². The highest BCUT2D eigenvalue weighted by molar-refractivity contribution is 5.85. The van der Waals surface area contributed by atoms with E-state index in [0.717, 1.165) is 12.5 Å². The van der Waals surface area contributed by atoms with Crippen LogP contribution in [0.5, 0.6) is 0 Å². The van der Waals surface area contributed by atoms with Crippen molar-refractivity contribution >= 4 is 5.91 Å². The molecule has 100 valence electrons. The molecule has 2 N–H and O–H groups in total. The highest BCUT2D eigenvalue weighted by Crippen LogP contribution is 2.30. The molecule has 1 fully saturated rings. The Morgan fingerprint density at radius 3 is 2.18 bits per heavy atom. The Morgan fingerprint density at radius 1 is 1.18 bits per heavy atom. The minimum absolute atomic E-state index is 0.109. The van der Waals surface area contributed by atoms with E-state index in [1.54, 1.807) is 0 Å². The summed E-state index contributed by atoms with van der Waals surface area (Å²) >= 11 is 0. The molecule has 0 unspecified atom stereocenters. The Labute approximate surface area is 106 Å². The SMILES string of the molecule is CCC1CCC(CNC(=O)C(C)(C)NC)CC1. The fourth-order valence-corrected chi connectivity index (χ4v) is 2.42. The largest absolute Gasteiger partial charge is 0.354 e. The highest BCUT2D eigenvalue weighted by atomic mass is 16.2. The summed E-state index contributed by atoms with van der Waals surface area (Å²) in [5.41, 5.74) is -0.458. The third-order valence-corrected chi connectivity index (χ3v) is 4.29. The second-order valence-corrected chi connectivity index (χ2v) is 5.88. The molecule has 0 atom stereocenters. The van der Waals surface area contributed by atoms with Crippen LogP contribution in [0.15, 0.2) is 0 Å². The van der Waals surface area contributed by atoms with Gasteiger partial charge in [0.1, 0.15) is 0 Å². The minimum atomic E-state index is -0.458. The third kappa shape index (κ3) is 4.30. The number of likely N-dealkylation sites (N-methyl/N-ethyl adjacent to an activating group) is 1. The van der Waals surface area contributed by atoms with Gasteiger partial charge in [-0.2, -0.15) is 0 Å². The van der Waals surface area contributed by atoms with Crippen LogP contribution in [0.4, 0.5) is 0 Å². The topological polar surface area (TPSA) is 41.1 Å². The fraction of sp³-hybridized carbons (Fsp3) is 0.929. The molecule has 1 saturated carbocycles. The molecule has 0 radical (unpaired) electrons. The third-order valence-electron chi connectivity index (χ3n) is 4.29. The summed E-state index contributed by atoms with van der Waals surface area (Å²) in [6.07, 6.45) is 6.54. The number of nitrogens with one attached hydrogen (secondary N) is 2. The number of hydrogen-bond donors (Lipinski definition) is 2. The van der Waals surface area contributed by atoms with Crippen LogP contribution >= 0.6 is 0 Å². The van der Waals surface area contributed by atoms with Crippen molar-refractivity contribution in [1.29, 1.82) is 0 Å². The molecule has 0 saturated heterocycles. The highest BCUT2D eigenvalue weighted by Gasteiger charge is 2.26. The maximum absolute atomic E-state index is 11.9. The number of hydrogen-bond acceptors (Lipinski definition) is 2. The zero-order valence-electron chi connectivity index (χ0n) is 11.8. The van der Waals surface area contributed by atoms with E-state index in [1.165, 1.54) is 32.1 Å². The van der Waals surface area contributed by atoms with Gasteiger partial charge >= 0.3 is 0 Å². The predicted octanol–water partition coefficient (Wildman–Crippen LogP) is 2.32. The van der Waals surface area contributed by atoms with Gasteiger partial charge < -0.3 is 10.6 Å². The van der Waals surface area contributed by atoms with Gasteiger partial charge in [-0.3, -0.25) is 4.79 Å². The van der Waals surface area contributed by atoms with Crippen LogP contribution < -0.4 is 10.6 Å². The summed E-state index contributed by atoms with van der Waals surface area (Å²) in [4.78, 5) is 11.9. The zero-order valence-corrected chi connectivity index (χ0v) is 11.8. The molecule has 0 aliphatic heterocycles. The van der Waals surface area contributed by atoms with E-state index in [4.69, 9.17) is 0 Å². The molecule has 1 aliphatic rings. The van der Waals surface area contributed by atoms with Gasteiger partial charge in [0.05, 0.1) is 5.54 Å². The van der Waals surface area contributed by atoms with Crippen LogP contribution in [0.3, 0.4) is 0 Å². The van der Waals surface area contributed by atoms with Gasteiger partial charge in [-0.15, -0.1) is 0 Å². The molecule has 0 aromatic heterocycles. The van der Waals surface area contributed by atoms with Gasteiger partial charge in [0, 0.05) is 6.54 Å². The maximum Gasteiger partial charge on any atom is 0.239 e. The number of amides is 1. The van der Waals surface area contributed by atoms with Crippen molar-refractivity contribution in [2.75, 3.05) is 13.6 Å². The molecule has 17 heavy (non-hydrogen) atoms. The maximum atomic E-state index is 11.9. The zero-order chi connectivity index (χ0) is 12.9. The van der Waals surface area contributed by atoms with Crippen LogP contribution in [0, 0.1) is 11.8 Å². The molecule has 0 heterocycles. The summed E-state index contributed by atoms with van der Waals surface area (Å²) in [5, 5.41) is 6.11. The van der Waals surface area contributed by atoms with Gasteiger partial charge in [-0.25, -0.2) is 0 Å². The average molecular weight is 240 g/mol. The molecular weight excluding hydrogens is 212 g/mol. The van der Waals surface area contributed by atoms with Gasteiger partial charge in [0.25, 0.3) is 0 Å². The first-order valence-corrected chi connectivity index (χ1v) is 6.96. The average Bonchev–Trinajstić information content (AvgIpc) is 2.36. The van der Waals surface area contributed by atoms with Crippen molar-refractivity contribution < 1.29 is 4.79 Å². The van der Waals surface area contributed by atoms with E-state index >= 15 is 0 Å². The van der Waals surface area contributed by atoms with Crippen LogP contribution in [-0.4, -0.2) is 25.0 Å². The summed E-state index contributed by atoms with van der Waals surface area (Å²) < 4.78 is 0. The van der Waals surface area contributed by atoms with E-state index in [-0.39, 0.29) is 5.91 Å². The second kappa shape index (κ2) is 6.39. The van der Waals surface area contributed by atoms with E-state index < -0.39 is 5.54 Å². The van der Waals surface area contributed by atoms with Gasteiger partial charge in [-0.1, -0.05) is 26.2 Å². The Morgan fingerprint density at radius 2 is 1.71 bits per heavy atom. The van der Waals surface area contributed by atoms with Crippen molar-refractivity contribution in [3.05, 3.63) is 0 Å². The van der Waals surface area contributed by atoms with E-state index in [2.05, 4.69) is 17.6 Å². The summed E-state index contributed by atoms with van der Waals surface area (Å²) in [6, 6.07) is 0. The minimum Gasteiger partial charge on any atom is -0.354 e. The van der Waals surface area contributed by atoms with Gasteiger partial charge in [0.15, 0.2) is 0 Å². The first-order chi connectivity index (χ1) is 7.99. The lowest BCUT2D eigenvalue weighted by atomic mass is 9.81. The van der Waals surface area contributed by atoms with E-state index in [0.29, 0.717) is 5.92 Å². The smallest absolute Gasteiger partial charge is 0.239 e. The Kier molecular flexibility index (Phi) is 5.44. The van der Waals surface area contributed by atoms with Gasteiger partial charge in [0.2, 0.25) is 5.91 Å². The molecule has 3 nitrogen and oxygen atoms in total. The quantitative estimate of drug-likeness (QED) is 0.774. The first-order valence-electron chi connectivity index (χ1n) is 6.96. The number of carbonyl (C=O) groups is 1. The molecule has 0 aromatic rings. The fourth-order valence-electron chi connectivity index (χ4n) is 2.42. The molecule has 1 amide bonds. The second-order valence-electron chi connectivity index (χ2n) is 5.88. The van der Waals surface area contributed by atoms with Crippen LogP contribution in [0.25, 0.3) is 0 Å². The lowest BCUT2D eigenvalue weighted by Gasteiger charge is -2.29. The number of rotatable bonds is 5. The van der Waals surface area contributed by atoms with Crippen molar-refractivity contribution in [3.63, 3.8) is 0 Å². The molecule has 0 spiro atoms. The van der Waals surface area contributed by atoms with E-state index in [1.807, 2.05) is 20.9 Å². The van der Waals surface area contributed by atoms with Crippen molar-refractivity contribution in [2.24, 2.45) is 11.8 Å². The standard InChI is InChI=1S/C14H28N2O/c1-5-11-6-8-12(9-7-11)10-16-13(17)14(2,3)15-4/h11-12,15H,5-10H2,1-4H3,(H,16,17). The molecule has 1 rings (SSSR count). The molecular formula is C14H28N2O. The molecule has 3 heteroatoms. The van der Waals surface area contributed by atoms with Crippen LogP contribution in [0.2, 0.25) is 0 Å². The Bertz CT molecular complexity index is 243. The molecule has 1 aliphatic carbocycles. The van der Waals surface area contributed by atoms with Crippen molar-refractivity contribution in [1.82, 2.24) is 10.6 Å². The van der Waals surface area contributed by atoms with Gasteiger partial charge in [-0.05, 0) is 45.6 Å². The van der Waals surface area contributed by atoms with Crippen LogP contribution in [-0.2, 0) is 4.79 Å². The predicted molar refractivity (Wildman–Crippen MR) is 71.9 cm³/mol. The normalized spacial score (nSPS) is 25.6. The Balaban J connectivity index is 2.26. The Hall–Kier alpha value is -0.570. The number of carbonyl (C=O) groups excluding carboxylic acids is 1. The first kappa shape index (κ1) is 14.5.